The van der Waals surface area contributed by atoms with Crippen molar-refractivity contribution in [1.82, 2.24) is 9.88 Å². The van der Waals surface area contributed by atoms with E-state index in [1.165, 1.54) is 5.56 Å². The number of aryl methyl sites for hydroxylation is 1. The second-order valence-corrected chi connectivity index (χ2v) is 6.45. The number of benzene rings is 1. The Balaban J connectivity index is 1.68. The Kier molecular flexibility index (Phi) is 4.95. The molecule has 2 aromatic rings. The van der Waals surface area contributed by atoms with E-state index in [4.69, 9.17) is 4.74 Å². The number of hydrogen-bond donors (Lipinski definition) is 0. The Morgan fingerprint density at radius 1 is 1.25 bits per heavy atom. The Morgan fingerprint density at radius 3 is 2.71 bits per heavy atom. The number of rotatable bonds is 4. The molecule has 0 saturated carbocycles. The summed E-state index contributed by atoms with van der Waals surface area (Å²) in [4.78, 5) is 19.0. The first-order chi connectivity index (χ1) is 11.6. The molecule has 24 heavy (non-hydrogen) atoms. The lowest BCUT2D eigenvalue weighted by Gasteiger charge is -2.41. The van der Waals surface area contributed by atoms with Crippen LogP contribution in [0.3, 0.4) is 0 Å². The van der Waals surface area contributed by atoms with Gasteiger partial charge >= 0.3 is 0 Å². The van der Waals surface area contributed by atoms with Gasteiger partial charge in [-0.05, 0) is 30.5 Å². The van der Waals surface area contributed by atoms with Gasteiger partial charge in [0.2, 0.25) is 5.91 Å². The smallest absolute Gasteiger partial charge is 0.228 e. The van der Waals surface area contributed by atoms with Crippen molar-refractivity contribution in [2.45, 2.75) is 32.3 Å². The summed E-state index contributed by atoms with van der Waals surface area (Å²) in [6.45, 7) is 5.91. The minimum atomic E-state index is -0.450. The van der Waals surface area contributed by atoms with Gasteiger partial charge in [-0.2, -0.15) is 0 Å². The lowest BCUT2D eigenvalue weighted by Crippen LogP contribution is -2.50. The van der Waals surface area contributed by atoms with Gasteiger partial charge in [0.15, 0.2) is 0 Å². The molecule has 1 aliphatic heterocycles. The van der Waals surface area contributed by atoms with Crippen molar-refractivity contribution >= 4 is 5.91 Å². The Bertz CT molecular complexity index is 685. The summed E-state index contributed by atoms with van der Waals surface area (Å²) < 4.78 is 6.00. The largest absolute Gasteiger partial charge is 0.367 e. The fraction of sp³-hybridized carbons (Fsp3) is 0.400. The monoisotopic (exact) mass is 324 g/mol. The topological polar surface area (TPSA) is 42.4 Å². The van der Waals surface area contributed by atoms with Crippen molar-refractivity contribution < 1.29 is 9.53 Å². The fourth-order valence-corrected chi connectivity index (χ4v) is 3.08. The van der Waals surface area contributed by atoms with Crippen LogP contribution in [0, 0.1) is 0 Å². The van der Waals surface area contributed by atoms with Crippen LogP contribution in [0.4, 0.5) is 0 Å². The predicted octanol–water partition coefficient (Wildman–Crippen LogP) is 2.96. The number of morpholine rings is 1. The first-order valence-electron chi connectivity index (χ1n) is 8.52. The van der Waals surface area contributed by atoms with E-state index in [9.17, 15) is 4.79 Å². The summed E-state index contributed by atoms with van der Waals surface area (Å²) in [6, 6.07) is 14.1. The Labute approximate surface area is 143 Å². The van der Waals surface area contributed by atoms with Gasteiger partial charge < -0.3 is 9.64 Å². The quantitative estimate of drug-likeness (QED) is 0.868. The molecule has 1 atom stereocenters. The molecule has 0 radical (unpaired) electrons. The molecule has 1 unspecified atom stereocenters. The van der Waals surface area contributed by atoms with E-state index >= 15 is 0 Å². The van der Waals surface area contributed by atoms with Crippen LogP contribution in [0.5, 0.6) is 0 Å². The van der Waals surface area contributed by atoms with E-state index < -0.39 is 5.60 Å². The molecule has 1 saturated heterocycles. The zero-order chi connectivity index (χ0) is 17.0. The van der Waals surface area contributed by atoms with Crippen LogP contribution in [-0.2, 0) is 28.0 Å². The van der Waals surface area contributed by atoms with Gasteiger partial charge in [0.25, 0.3) is 0 Å². The summed E-state index contributed by atoms with van der Waals surface area (Å²) in [5.74, 6) is 0.109. The zero-order valence-corrected chi connectivity index (χ0v) is 14.4. The van der Waals surface area contributed by atoms with Gasteiger partial charge in [-0.25, -0.2) is 0 Å². The van der Waals surface area contributed by atoms with Crippen LogP contribution in [0.25, 0.3) is 0 Å². The van der Waals surface area contributed by atoms with E-state index in [1.54, 1.807) is 0 Å². The zero-order valence-electron chi connectivity index (χ0n) is 14.4. The van der Waals surface area contributed by atoms with E-state index in [0.717, 1.165) is 17.7 Å². The number of pyridine rings is 1. The summed E-state index contributed by atoms with van der Waals surface area (Å²) in [6.07, 6.45) is 3.16. The number of hydrogen-bond acceptors (Lipinski definition) is 3. The standard InChI is InChI=1S/C20H24N2O2/c1-3-16-9-10-18(21-14-16)13-19(23)22-11-12-24-20(2,15-22)17-7-5-4-6-8-17/h4-10,14H,3,11-13,15H2,1-2H3. The Morgan fingerprint density at radius 2 is 2.04 bits per heavy atom. The molecule has 1 aromatic heterocycles. The average Bonchev–Trinajstić information content (AvgIpc) is 2.63. The molecule has 3 rings (SSSR count). The van der Waals surface area contributed by atoms with E-state index in [0.29, 0.717) is 26.1 Å². The average molecular weight is 324 g/mol. The second kappa shape index (κ2) is 7.14. The highest BCUT2D eigenvalue weighted by Crippen LogP contribution is 2.29. The molecule has 0 bridgehead atoms. The minimum Gasteiger partial charge on any atom is -0.367 e. The molecule has 4 nitrogen and oxygen atoms in total. The molecule has 1 fully saturated rings. The first kappa shape index (κ1) is 16.7. The molecule has 4 heteroatoms. The highest BCUT2D eigenvalue weighted by atomic mass is 16.5. The van der Waals surface area contributed by atoms with E-state index in [1.807, 2.05) is 41.4 Å². The molecular formula is C20H24N2O2. The highest BCUT2D eigenvalue weighted by molar-refractivity contribution is 5.78. The van der Waals surface area contributed by atoms with Crippen molar-refractivity contribution in [2.24, 2.45) is 0 Å². The number of ether oxygens (including phenoxy) is 1. The third-order valence-electron chi connectivity index (χ3n) is 4.64. The molecule has 1 aromatic carbocycles. The maximum atomic E-state index is 12.7. The van der Waals surface area contributed by atoms with Crippen molar-refractivity contribution in [1.29, 1.82) is 0 Å². The van der Waals surface area contributed by atoms with Crippen molar-refractivity contribution in [3.8, 4) is 0 Å². The normalized spacial score (nSPS) is 20.8. The number of carbonyl (C=O) groups is 1. The summed E-state index contributed by atoms with van der Waals surface area (Å²) in [5.41, 5.74) is 2.67. The number of amides is 1. The third kappa shape index (κ3) is 3.65. The van der Waals surface area contributed by atoms with Crippen molar-refractivity contribution in [3.63, 3.8) is 0 Å². The predicted molar refractivity (Wildman–Crippen MR) is 93.6 cm³/mol. The lowest BCUT2D eigenvalue weighted by atomic mass is 9.93. The molecule has 0 aliphatic carbocycles. The molecule has 126 valence electrons. The maximum Gasteiger partial charge on any atom is 0.228 e. The summed E-state index contributed by atoms with van der Waals surface area (Å²) in [5, 5.41) is 0. The van der Waals surface area contributed by atoms with Crippen LogP contribution in [-0.4, -0.2) is 35.5 Å². The van der Waals surface area contributed by atoms with Gasteiger partial charge in [0, 0.05) is 18.4 Å². The van der Waals surface area contributed by atoms with Crippen LogP contribution < -0.4 is 0 Å². The van der Waals surface area contributed by atoms with Crippen LogP contribution in [0.2, 0.25) is 0 Å². The SMILES string of the molecule is CCc1ccc(CC(=O)N2CCOC(C)(c3ccccc3)C2)nc1. The van der Waals surface area contributed by atoms with Gasteiger partial charge in [-0.1, -0.05) is 43.3 Å². The van der Waals surface area contributed by atoms with Crippen molar-refractivity contribution in [2.75, 3.05) is 19.7 Å². The summed E-state index contributed by atoms with van der Waals surface area (Å²) >= 11 is 0. The third-order valence-corrected chi connectivity index (χ3v) is 4.64. The summed E-state index contributed by atoms with van der Waals surface area (Å²) in [7, 11) is 0. The number of aromatic nitrogens is 1. The van der Waals surface area contributed by atoms with E-state index in [-0.39, 0.29) is 5.91 Å². The van der Waals surface area contributed by atoms with E-state index in [2.05, 4.69) is 31.0 Å². The number of carbonyl (C=O) groups excluding carboxylic acids is 1. The minimum absolute atomic E-state index is 0.109. The molecule has 1 amide bonds. The number of nitrogens with zero attached hydrogens (tertiary/aromatic N) is 2. The van der Waals surface area contributed by atoms with Crippen LogP contribution in [0.15, 0.2) is 48.7 Å². The van der Waals surface area contributed by atoms with Crippen LogP contribution >= 0.6 is 0 Å². The second-order valence-electron chi connectivity index (χ2n) is 6.45. The van der Waals surface area contributed by atoms with Gasteiger partial charge in [0.05, 0.1) is 19.6 Å². The molecule has 0 N–H and O–H groups in total. The Hall–Kier alpha value is -2.20. The molecule has 1 aliphatic rings. The lowest BCUT2D eigenvalue weighted by molar-refractivity contribution is -0.149. The molecular weight excluding hydrogens is 300 g/mol. The van der Waals surface area contributed by atoms with Gasteiger partial charge in [-0.15, -0.1) is 0 Å². The van der Waals surface area contributed by atoms with Crippen molar-refractivity contribution in [3.05, 3.63) is 65.5 Å². The highest BCUT2D eigenvalue weighted by Gasteiger charge is 2.35. The fourth-order valence-electron chi connectivity index (χ4n) is 3.08. The van der Waals surface area contributed by atoms with Gasteiger partial charge in [0.1, 0.15) is 5.60 Å². The maximum absolute atomic E-state index is 12.7. The van der Waals surface area contributed by atoms with Gasteiger partial charge in [-0.3, -0.25) is 9.78 Å². The van der Waals surface area contributed by atoms with Crippen LogP contribution in [0.1, 0.15) is 30.7 Å². The molecule has 0 spiro atoms. The molecule has 2 heterocycles. The first-order valence-corrected chi connectivity index (χ1v) is 8.52.